The number of β-amino-alcohol motifs (C(OH)–C–C–N with tert-alkyl or cyclic N) is 1. The van der Waals surface area contributed by atoms with Crippen molar-refractivity contribution in [2.75, 3.05) is 31.5 Å². The van der Waals surface area contributed by atoms with Crippen molar-refractivity contribution >= 4 is 11.6 Å². The molecule has 26 heavy (non-hydrogen) atoms. The molecule has 2 aromatic rings. The molecule has 0 radical (unpaired) electrons. The number of aliphatic hydroxyl groups is 1. The second-order valence-corrected chi connectivity index (χ2v) is 6.84. The molecule has 3 rings (SSSR count). The van der Waals surface area contributed by atoms with E-state index >= 15 is 0 Å². The summed E-state index contributed by atoms with van der Waals surface area (Å²) in [4.78, 5) is 17.7. The smallest absolute Gasteiger partial charge is 0.252 e. The minimum Gasteiger partial charge on any atom is -0.387 e. The van der Waals surface area contributed by atoms with Gasteiger partial charge in [0.15, 0.2) is 0 Å². The normalized spacial score (nSPS) is 17.0. The first-order valence-corrected chi connectivity index (χ1v) is 9.06. The summed E-state index contributed by atoms with van der Waals surface area (Å²) in [6.45, 7) is 3.41. The first kappa shape index (κ1) is 18.4. The number of anilines is 1. The highest BCUT2D eigenvalue weighted by Crippen LogP contribution is 2.22. The lowest BCUT2D eigenvalue weighted by atomic mass is 9.96. The number of nitrogens with two attached hydrogens (primary N) is 1. The van der Waals surface area contributed by atoms with Crippen molar-refractivity contribution in [3.63, 3.8) is 0 Å². The third kappa shape index (κ3) is 4.80. The highest BCUT2D eigenvalue weighted by atomic mass is 16.3. The number of primary amides is 1. The molecule has 1 saturated heterocycles. The Balaban J connectivity index is 1.45. The maximum absolute atomic E-state index is 11.4. The van der Waals surface area contributed by atoms with E-state index in [1.54, 1.807) is 12.3 Å². The molecule has 2 heterocycles. The van der Waals surface area contributed by atoms with Crippen LogP contribution in [0, 0.1) is 5.92 Å². The molecule has 6 nitrogen and oxygen atoms in total. The van der Waals surface area contributed by atoms with Crippen molar-refractivity contribution < 1.29 is 9.90 Å². The lowest BCUT2D eigenvalue weighted by Crippen LogP contribution is -2.38. The molecule has 1 aromatic heterocycles. The number of aliphatic hydroxyl groups excluding tert-OH is 1. The van der Waals surface area contributed by atoms with Crippen LogP contribution in [0.25, 0.3) is 0 Å². The van der Waals surface area contributed by atoms with Gasteiger partial charge in [0.2, 0.25) is 0 Å². The molecule has 0 aliphatic carbocycles. The Labute approximate surface area is 154 Å². The van der Waals surface area contributed by atoms with Crippen LogP contribution in [-0.4, -0.2) is 47.1 Å². The zero-order valence-corrected chi connectivity index (χ0v) is 14.8. The van der Waals surface area contributed by atoms with E-state index in [-0.39, 0.29) is 0 Å². The number of benzene rings is 1. The molecule has 1 fully saturated rings. The highest BCUT2D eigenvalue weighted by molar-refractivity contribution is 5.98. The van der Waals surface area contributed by atoms with Crippen LogP contribution in [0.5, 0.6) is 0 Å². The third-order valence-electron chi connectivity index (χ3n) is 4.99. The van der Waals surface area contributed by atoms with Gasteiger partial charge in [0.05, 0.1) is 17.4 Å². The van der Waals surface area contributed by atoms with E-state index in [0.717, 1.165) is 43.7 Å². The predicted octanol–water partition coefficient (Wildman–Crippen LogP) is 2.04. The van der Waals surface area contributed by atoms with Gasteiger partial charge < -0.3 is 21.1 Å². The number of hydrogen-bond donors (Lipinski definition) is 3. The van der Waals surface area contributed by atoms with E-state index in [0.29, 0.717) is 18.0 Å². The molecule has 1 aromatic carbocycles. The maximum atomic E-state index is 11.4. The topological polar surface area (TPSA) is 91.5 Å². The van der Waals surface area contributed by atoms with Crippen molar-refractivity contribution in [1.82, 2.24) is 9.88 Å². The van der Waals surface area contributed by atoms with Gasteiger partial charge in [-0.15, -0.1) is 0 Å². The second-order valence-electron chi connectivity index (χ2n) is 6.84. The largest absolute Gasteiger partial charge is 0.387 e. The van der Waals surface area contributed by atoms with E-state index < -0.39 is 12.0 Å². The number of amides is 1. The molecule has 0 spiro atoms. The number of nitrogens with one attached hydrogen (secondary N) is 1. The zero-order chi connectivity index (χ0) is 18.4. The van der Waals surface area contributed by atoms with Gasteiger partial charge in [-0.05, 0) is 43.5 Å². The number of pyridine rings is 1. The number of piperidine rings is 1. The standard InChI is InChI=1S/C20H26N4O2/c21-20(26)17-13-22-9-6-18(17)23-12-15-7-10-24(11-8-15)14-19(25)16-4-2-1-3-5-16/h1-6,9,13,15,19,25H,7-8,10-12,14H2,(H2,21,26)(H,22,23). The van der Waals surface area contributed by atoms with E-state index in [2.05, 4.69) is 15.2 Å². The molecule has 1 unspecified atom stereocenters. The van der Waals surface area contributed by atoms with E-state index in [1.807, 2.05) is 30.3 Å². The Hall–Kier alpha value is -2.44. The molecule has 1 atom stereocenters. The molecule has 0 saturated carbocycles. The summed E-state index contributed by atoms with van der Waals surface area (Å²) in [5.74, 6) is 0.0688. The summed E-state index contributed by atoms with van der Waals surface area (Å²) in [5.41, 5.74) is 7.52. The molecular formula is C20H26N4O2. The average Bonchev–Trinajstić information content (AvgIpc) is 2.68. The Bertz CT molecular complexity index is 715. The van der Waals surface area contributed by atoms with Gasteiger partial charge in [-0.3, -0.25) is 9.78 Å². The minimum absolute atomic E-state index is 0.427. The Morgan fingerprint density at radius 1 is 1.27 bits per heavy atom. The van der Waals surface area contributed by atoms with E-state index in [1.165, 1.54) is 6.20 Å². The van der Waals surface area contributed by atoms with Crippen LogP contribution in [0.4, 0.5) is 5.69 Å². The molecule has 6 heteroatoms. The summed E-state index contributed by atoms with van der Waals surface area (Å²) in [6.07, 6.45) is 4.83. The first-order chi connectivity index (χ1) is 12.6. The first-order valence-electron chi connectivity index (χ1n) is 9.06. The van der Waals surface area contributed by atoms with Crippen molar-refractivity contribution in [2.45, 2.75) is 18.9 Å². The minimum atomic E-state index is -0.467. The zero-order valence-electron chi connectivity index (χ0n) is 14.8. The average molecular weight is 354 g/mol. The SMILES string of the molecule is NC(=O)c1cnccc1NCC1CCN(CC(O)c2ccccc2)CC1. The van der Waals surface area contributed by atoms with Crippen LogP contribution in [-0.2, 0) is 0 Å². The van der Waals surface area contributed by atoms with Crippen LogP contribution in [0.2, 0.25) is 0 Å². The predicted molar refractivity (Wildman–Crippen MR) is 102 cm³/mol. The monoisotopic (exact) mass is 354 g/mol. The van der Waals surface area contributed by atoms with Crippen molar-refractivity contribution in [3.8, 4) is 0 Å². The summed E-state index contributed by atoms with van der Waals surface area (Å²) in [5, 5.41) is 13.7. The number of aromatic nitrogens is 1. The van der Waals surface area contributed by atoms with Crippen LogP contribution >= 0.6 is 0 Å². The van der Waals surface area contributed by atoms with Crippen LogP contribution in [0.3, 0.4) is 0 Å². The molecular weight excluding hydrogens is 328 g/mol. The van der Waals surface area contributed by atoms with Gasteiger partial charge in [-0.25, -0.2) is 0 Å². The van der Waals surface area contributed by atoms with Gasteiger partial charge in [-0.1, -0.05) is 30.3 Å². The summed E-state index contributed by atoms with van der Waals surface area (Å²) >= 11 is 0. The number of carbonyl (C=O) groups is 1. The van der Waals surface area contributed by atoms with Crippen LogP contribution < -0.4 is 11.1 Å². The van der Waals surface area contributed by atoms with Crippen LogP contribution in [0.15, 0.2) is 48.8 Å². The number of rotatable bonds is 7. The van der Waals surface area contributed by atoms with Gasteiger partial charge in [0.1, 0.15) is 0 Å². The Morgan fingerprint density at radius 3 is 2.69 bits per heavy atom. The summed E-state index contributed by atoms with van der Waals surface area (Å²) < 4.78 is 0. The summed E-state index contributed by atoms with van der Waals surface area (Å²) in [7, 11) is 0. The number of nitrogens with zero attached hydrogens (tertiary/aromatic N) is 2. The lowest BCUT2D eigenvalue weighted by molar-refractivity contribution is 0.0909. The van der Waals surface area contributed by atoms with Gasteiger partial charge in [0, 0.05) is 25.5 Å². The lowest BCUT2D eigenvalue weighted by Gasteiger charge is -2.33. The van der Waals surface area contributed by atoms with Crippen LogP contribution in [0.1, 0.15) is 34.9 Å². The molecule has 0 bridgehead atoms. The van der Waals surface area contributed by atoms with Crippen molar-refractivity contribution in [1.29, 1.82) is 0 Å². The Kier molecular flexibility index (Phi) is 6.20. The maximum Gasteiger partial charge on any atom is 0.252 e. The Morgan fingerprint density at radius 2 is 2.00 bits per heavy atom. The molecule has 138 valence electrons. The van der Waals surface area contributed by atoms with E-state index in [4.69, 9.17) is 5.73 Å². The summed E-state index contributed by atoms with van der Waals surface area (Å²) in [6, 6.07) is 11.6. The molecule has 4 N–H and O–H groups in total. The quantitative estimate of drug-likeness (QED) is 0.708. The number of likely N-dealkylation sites (tertiary alicyclic amines) is 1. The molecule has 1 aliphatic rings. The molecule has 1 amide bonds. The van der Waals surface area contributed by atoms with Gasteiger partial charge >= 0.3 is 0 Å². The molecule has 1 aliphatic heterocycles. The fourth-order valence-electron chi connectivity index (χ4n) is 3.40. The van der Waals surface area contributed by atoms with Gasteiger partial charge in [-0.2, -0.15) is 0 Å². The fourth-order valence-corrected chi connectivity index (χ4v) is 3.40. The third-order valence-corrected chi connectivity index (χ3v) is 4.99. The van der Waals surface area contributed by atoms with Gasteiger partial charge in [0.25, 0.3) is 5.91 Å². The van der Waals surface area contributed by atoms with Crippen molar-refractivity contribution in [3.05, 3.63) is 59.9 Å². The fraction of sp³-hybridized carbons (Fsp3) is 0.400. The number of carbonyl (C=O) groups excluding carboxylic acids is 1. The van der Waals surface area contributed by atoms with E-state index in [9.17, 15) is 9.90 Å². The highest BCUT2D eigenvalue weighted by Gasteiger charge is 2.21. The second kappa shape index (κ2) is 8.78. The van der Waals surface area contributed by atoms with Crippen molar-refractivity contribution in [2.24, 2.45) is 11.7 Å². The number of hydrogen-bond acceptors (Lipinski definition) is 5.